The number of rotatable bonds is 8. The zero-order valence-electron chi connectivity index (χ0n) is 16.6. The second-order valence-electron chi connectivity index (χ2n) is 6.77. The van der Waals surface area contributed by atoms with E-state index in [0.717, 1.165) is 5.56 Å². The summed E-state index contributed by atoms with van der Waals surface area (Å²) >= 11 is 5.82. The Morgan fingerprint density at radius 1 is 0.871 bits per heavy atom. The first-order valence-corrected chi connectivity index (χ1v) is 10.0. The van der Waals surface area contributed by atoms with Crippen LogP contribution in [0.2, 0.25) is 5.02 Å². The van der Waals surface area contributed by atoms with Gasteiger partial charge in [0, 0.05) is 5.02 Å². The molecule has 0 aliphatic rings. The number of alkyl carbamates (subject to hydrolysis) is 1. The number of halogens is 1. The van der Waals surface area contributed by atoms with Crippen molar-refractivity contribution in [1.29, 1.82) is 0 Å². The number of nitrogens with one attached hydrogen (secondary N) is 1. The lowest BCUT2D eigenvalue weighted by molar-refractivity contribution is 0.0147. The average Bonchev–Trinajstić information content (AvgIpc) is 2.81. The predicted molar refractivity (Wildman–Crippen MR) is 117 cm³/mol. The van der Waals surface area contributed by atoms with E-state index in [9.17, 15) is 14.7 Å². The first kappa shape index (κ1) is 22.3. The molecule has 0 aromatic heterocycles. The molecule has 0 bridgehead atoms. The van der Waals surface area contributed by atoms with E-state index in [4.69, 9.17) is 21.1 Å². The van der Waals surface area contributed by atoms with Crippen LogP contribution < -0.4 is 5.32 Å². The van der Waals surface area contributed by atoms with Crippen molar-refractivity contribution in [1.82, 2.24) is 5.32 Å². The van der Waals surface area contributed by atoms with Gasteiger partial charge in [-0.15, -0.1) is 0 Å². The van der Waals surface area contributed by atoms with Gasteiger partial charge in [-0.05, 0) is 35.4 Å². The third-order valence-electron chi connectivity index (χ3n) is 4.49. The summed E-state index contributed by atoms with van der Waals surface area (Å²) in [5.74, 6) is -0.603. The highest BCUT2D eigenvalue weighted by atomic mass is 35.5. The molecule has 3 rings (SSSR count). The number of benzene rings is 3. The van der Waals surface area contributed by atoms with Crippen LogP contribution in [-0.4, -0.2) is 29.9 Å². The van der Waals surface area contributed by atoms with E-state index in [1.54, 1.807) is 36.4 Å². The van der Waals surface area contributed by atoms with E-state index in [-0.39, 0.29) is 13.2 Å². The normalized spacial score (nSPS) is 12.5. The van der Waals surface area contributed by atoms with Crippen molar-refractivity contribution in [2.75, 3.05) is 6.61 Å². The van der Waals surface area contributed by atoms with Crippen LogP contribution in [0.5, 0.6) is 0 Å². The molecule has 0 heterocycles. The summed E-state index contributed by atoms with van der Waals surface area (Å²) in [7, 11) is 0. The standard InChI is InChI=1S/C24H22ClNO5/c25-20-13-11-19(12-14-20)23(28)30-16-21(27)22(18-9-5-2-6-10-18)26-24(29)31-15-17-7-3-1-4-8-17/h1-14,21-22,27H,15-16H2,(H,26,29). The SMILES string of the molecule is O=C(NC(c1ccccc1)C(O)COC(=O)c1ccc(Cl)cc1)OCc1ccccc1. The van der Waals surface area contributed by atoms with Crippen molar-refractivity contribution in [2.24, 2.45) is 0 Å². The number of hydrogen-bond acceptors (Lipinski definition) is 5. The number of hydrogen-bond donors (Lipinski definition) is 2. The van der Waals surface area contributed by atoms with Crippen molar-refractivity contribution in [3.8, 4) is 0 Å². The van der Waals surface area contributed by atoms with E-state index in [0.29, 0.717) is 16.1 Å². The van der Waals surface area contributed by atoms with E-state index in [2.05, 4.69) is 5.32 Å². The van der Waals surface area contributed by atoms with Gasteiger partial charge < -0.3 is 19.9 Å². The van der Waals surface area contributed by atoms with Gasteiger partial charge in [0.1, 0.15) is 19.3 Å². The zero-order valence-corrected chi connectivity index (χ0v) is 17.4. The number of esters is 1. The van der Waals surface area contributed by atoms with Gasteiger partial charge in [0.2, 0.25) is 0 Å². The predicted octanol–water partition coefficient (Wildman–Crippen LogP) is 4.53. The fraction of sp³-hybridized carbons (Fsp3) is 0.167. The molecule has 6 nitrogen and oxygen atoms in total. The molecule has 0 saturated carbocycles. The molecule has 3 aromatic rings. The summed E-state index contributed by atoms with van der Waals surface area (Å²) in [5, 5.41) is 13.8. The Labute approximate surface area is 185 Å². The monoisotopic (exact) mass is 439 g/mol. The Morgan fingerprint density at radius 3 is 2.13 bits per heavy atom. The van der Waals surface area contributed by atoms with Crippen LogP contribution in [0.1, 0.15) is 27.5 Å². The van der Waals surface area contributed by atoms with Gasteiger partial charge in [-0.2, -0.15) is 0 Å². The molecule has 0 aliphatic heterocycles. The summed E-state index contributed by atoms with van der Waals surface area (Å²) in [4.78, 5) is 24.5. The van der Waals surface area contributed by atoms with Gasteiger partial charge in [-0.3, -0.25) is 0 Å². The fourth-order valence-corrected chi connectivity index (χ4v) is 3.01. The second kappa shape index (κ2) is 11.2. The number of aliphatic hydroxyl groups is 1. The van der Waals surface area contributed by atoms with Crippen LogP contribution in [0.15, 0.2) is 84.9 Å². The lowest BCUT2D eigenvalue weighted by atomic mass is 10.0. The highest BCUT2D eigenvalue weighted by Gasteiger charge is 2.25. The van der Waals surface area contributed by atoms with Gasteiger partial charge in [0.15, 0.2) is 0 Å². The summed E-state index contributed by atoms with van der Waals surface area (Å²) in [6, 6.07) is 23.5. The number of aliphatic hydroxyl groups excluding tert-OH is 1. The lowest BCUT2D eigenvalue weighted by Crippen LogP contribution is -2.39. The molecule has 2 atom stereocenters. The lowest BCUT2D eigenvalue weighted by Gasteiger charge is -2.24. The van der Waals surface area contributed by atoms with Crippen molar-refractivity contribution < 1.29 is 24.2 Å². The smallest absolute Gasteiger partial charge is 0.408 e. The second-order valence-corrected chi connectivity index (χ2v) is 7.20. The van der Waals surface area contributed by atoms with Gasteiger partial charge in [0.25, 0.3) is 0 Å². The van der Waals surface area contributed by atoms with Gasteiger partial charge in [-0.1, -0.05) is 72.3 Å². The Bertz CT molecular complexity index is 980. The highest BCUT2D eigenvalue weighted by molar-refractivity contribution is 6.30. The average molecular weight is 440 g/mol. The molecule has 2 N–H and O–H groups in total. The third kappa shape index (κ3) is 6.84. The maximum Gasteiger partial charge on any atom is 0.408 e. The Morgan fingerprint density at radius 2 is 1.48 bits per heavy atom. The minimum atomic E-state index is -1.19. The van der Waals surface area contributed by atoms with Crippen molar-refractivity contribution in [3.05, 3.63) is 107 Å². The van der Waals surface area contributed by atoms with Gasteiger partial charge in [0.05, 0.1) is 11.6 Å². The molecule has 0 aliphatic carbocycles. The number of carbonyl (C=O) groups excluding carboxylic acids is 2. The number of amides is 1. The first-order valence-electron chi connectivity index (χ1n) is 9.66. The zero-order chi connectivity index (χ0) is 22.1. The van der Waals surface area contributed by atoms with Crippen molar-refractivity contribution >= 4 is 23.7 Å². The van der Waals surface area contributed by atoms with Crippen LogP contribution in [0, 0.1) is 0 Å². The summed E-state index contributed by atoms with van der Waals surface area (Å²) < 4.78 is 10.5. The molecular weight excluding hydrogens is 418 g/mol. The van der Waals surface area contributed by atoms with Crippen molar-refractivity contribution in [3.63, 3.8) is 0 Å². The molecule has 160 valence electrons. The van der Waals surface area contributed by atoms with E-state index < -0.39 is 24.2 Å². The number of carbonyl (C=O) groups is 2. The molecule has 3 aromatic carbocycles. The molecule has 0 fully saturated rings. The largest absolute Gasteiger partial charge is 0.459 e. The van der Waals surface area contributed by atoms with Gasteiger partial charge >= 0.3 is 12.1 Å². The Balaban J connectivity index is 1.61. The Kier molecular flexibility index (Phi) is 8.04. The van der Waals surface area contributed by atoms with Gasteiger partial charge in [-0.25, -0.2) is 9.59 Å². The van der Waals surface area contributed by atoms with Crippen LogP contribution in [0.3, 0.4) is 0 Å². The molecule has 31 heavy (non-hydrogen) atoms. The van der Waals surface area contributed by atoms with Crippen LogP contribution in [0.4, 0.5) is 4.79 Å². The van der Waals surface area contributed by atoms with E-state index in [1.165, 1.54) is 12.1 Å². The Hall–Kier alpha value is -3.35. The summed E-state index contributed by atoms with van der Waals surface area (Å²) in [5.41, 5.74) is 1.80. The topological polar surface area (TPSA) is 84.9 Å². The maximum atomic E-state index is 12.3. The molecule has 2 unspecified atom stereocenters. The van der Waals surface area contributed by atoms with Crippen molar-refractivity contribution in [2.45, 2.75) is 18.8 Å². The molecular formula is C24H22ClNO5. The van der Waals surface area contributed by atoms with E-state index in [1.807, 2.05) is 36.4 Å². The summed E-state index contributed by atoms with van der Waals surface area (Å²) in [6.07, 6.45) is -1.89. The van der Waals surface area contributed by atoms with Crippen LogP contribution in [-0.2, 0) is 16.1 Å². The maximum absolute atomic E-state index is 12.3. The molecule has 0 radical (unpaired) electrons. The molecule has 1 amide bonds. The van der Waals surface area contributed by atoms with Crippen LogP contribution >= 0.6 is 11.6 Å². The van der Waals surface area contributed by atoms with Crippen LogP contribution in [0.25, 0.3) is 0 Å². The molecule has 7 heteroatoms. The molecule has 0 saturated heterocycles. The quantitative estimate of drug-likeness (QED) is 0.504. The number of ether oxygens (including phenoxy) is 2. The minimum absolute atomic E-state index is 0.0931. The third-order valence-corrected chi connectivity index (χ3v) is 4.75. The van der Waals surface area contributed by atoms with E-state index >= 15 is 0 Å². The minimum Gasteiger partial charge on any atom is -0.459 e. The first-order chi connectivity index (χ1) is 15.0. The highest BCUT2D eigenvalue weighted by Crippen LogP contribution is 2.19. The molecule has 0 spiro atoms. The fourth-order valence-electron chi connectivity index (χ4n) is 2.88. The summed E-state index contributed by atoms with van der Waals surface area (Å²) in [6.45, 7) is -0.226.